The largest absolute Gasteiger partial charge is 0.480 e. The number of likely N-dealkylation sites (tertiary alicyclic amines) is 1. The molecule has 2 aliphatic heterocycles. The topological polar surface area (TPSA) is 98.2 Å². The molecule has 8 nitrogen and oxygen atoms in total. The van der Waals surface area contributed by atoms with Gasteiger partial charge in [-0.2, -0.15) is 4.31 Å². The summed E-state index contributed by atoms with van der Waals surface area (Å²) < 4.78 is 40.2. The molecule has 0 aromatic heterocycles. The Hall–Kier alpha value is -2.04. The number of halogens is 1. The quantitative estimate of drug-likeness (QED) is 0.760. The summed E-state index contributed by atoms with van der Waals surface area (Å²) in [7, 11) is -3.95. The van der Waals surface area contributed by atoms with Crippen molar-refractivity contribution in [2.24, 2.45) is 0 Å². The summed E-state index contributed by atoms with van der Waals surface area (Å²) in [6.45, 7) is 1.10. The van der Waals surface area contributed by atoms with Gasteiger partial charge in [0.2, 0.25) is 15.9 Å². The molecule has 1 aromatic rings. The number of carboxylic acids is 1. The van der Waals surface area contributed by atoms with Gasteiger partial charge in [0.15, 0.2) is 0 Å². The number of rotatable bonds is 5. The third-order valence-corrected chi connectivity index (χ3v) is 6.96. The van der Waals surface area contributed by atoms with E-state index in [9.17, 15) is 27.5 Å². The van der Waals surface area contributed by atoms with Crippen LogP contribution in [0.2, 0.25) is 0 Å². The smallest absolute Gasteiger partial charge is 0.320 e. The van der Waals surface area contributed by atoms with Gasteiger partial charge in [-0.3, -0.25) is 14.5 Å². The first-order chi connectivity index (χ1) is 12.8. The molecule has 0 saturated carbocycles. The average Bonchev–Trinajstić information content (AvgIpc) is 3.10. The zero-order valence-corrected chi connectivity index (χ0v) is 15.6. The van der Waals surface area contributed by atoms with E-state index < -0.39 is 27.9 Å². The molecule has 0 bridgehead atoms. The second kappa shape index (κ2) is 7.91. The van der Waals surface area contributed by atoms with E-state index in [4.69, 9.17) is 0 Å². The van der Waals surface area contributed by atoms with Crippen LogP contribution in [0.3, 0.4) is 0 Å². The summed E-state index contributed by atoms with van der Waals surface area (Å²) in [6.07, 6.45) is 1.26. The van der Waals surface area contributed by atoms with E-state index in [0.29, 0.717) is 13.0 Å². The van der Waals surface area contributed by atoms with E-state index in [-0.39, 0.29) is 43.5 Å². The maximum Gasteiger partial charge on any atom is 0.320 e. The number of carboxylic acid groups (broad SMARTS) is 1. The summed E-state index contributed by atoms with van der Waals surface area (Å²) in [6, 6.07) is 4.57. The predicted molar refractivity (Wildman–Crippen MR) is 94.0 cm³/mol. The molecular formula is C17H22FN3O5S. The lowest BCUT2D eigenvalue weighted by atomic mass is 10.2. The van der Waals surface area contributed by atoms with E-state index in [1.54, 1.807) is 4.90 Å². The maximum atomic E-state index is 13.9. The highest BCUT2D eigenvalue weighted by molar-refractivity contribution is 7.89. The molecule has 0 spiro atoms. The van der Waals surface area contributed by atoms with Gasteiger partial charge >= 0.3 is 5.97 Å². The number of carbonyl (C=O) groups excluding carboxylic acids is 1. The molecule has 10 heteroatoms. The molecule has 1 amide bonds. The van der Waals surface area contributed by atoms with Crippen LogP contribution in [0.5, 0.6) is 0 Å². The summed E-state index contributed by atoms with van der Waals surface area (Å²) in [5, 5.41) is 9.19. The predicted octanol–water partition coefficient (Wildman–Crippen LogP) is 0.208. The van der Waals surface area contributed by atoms with E-state index in [1.165, 1.54) is 27.4 Å². The number of piperazine rings is 1. The minimum absolute atomic E-state index is 0.0109. The van der Waals surface area contributed by atoms with Crippen LogP contribution in [0.4, 0.5) is 4.39 Å². The lowest BCUT2D eigenvalue weighted by molar-refractivity contribution is -0.143. The van der Waals surface area contributed by atoms with Crippen molar-refractivity contribution in [2.75, 3.05) is 39.3 Å². The number of benzene rings is 1. The fourth-order valence-corrected chi connectivity index (χ4v) is 5.03. The number of aliphatic carboxylic acids is 1. The third kappa shape index (κ3) is 4.12. The van der Waals surface area contributed by atoms with Crippen LogP contribution in [0.15, 0.2) is 29.2 Å². The molecule has 3 rings (SSSR count). The molecule has 1 atom stereocenters. The van der Waals surface area contributed by atoms with Gasteiger partial charge < -0.3 is 10.0 Å². The summed E-state index contributed by atoms with van der Waals surface area (Å²) in [5.41, 5.74) is 0. The van der Waals surface area contributed by atoms with Crippen LogP contribution in [0, 0.1) is 5.82 Å². The molecule has 2 fully saturated rings. The molecule has 1 N–H and O–H groups in total. The van der Waals surface area contributed by atoms with Crippen molar-refractivity contribution in [3.05, 3.63) is 30.1 Å². The van der Waals surface area contributed by atoms with E-state index in [1.807, 2.05) is 0 Å². The Balaban J connectivity index is 1.59. The normalized spacial score (nSPS) is 22.1. The van der Waals surface area contributed by atoms with Crippen LogP contribution < -0.4 is 0 Å². The van der Waals surface area contributed by atoms with Crippen molar-refractivity contribution in [3.63, 3.8) is 0 Å². The van der Waals surface area contributed by atoms with Gasteiger partial charge in [0.1, 0.15) is 16.8 Å². The van der Waals surface area contributed by atoms with Crippen LogP contribution in [0.1, 0.15) is 12.8 Å². The van der Waals surface area contributed by atoms with Gasteiger partial charge in [-0.25, -0.2) is 12.8 Å². The molecular weight excluding hydrogens is 377 g/mol. The zero-order chi connectivity index (χ0) is 19.6. The van der Waals surface area contributed by atoms with Crippen LogP contribution in [-0.4, -0.2) is 84.8 Å². The van der Waals surface area contributed by atoms with Gasteiger partial charge in [-0.15, -0.1) is 0 Å². The minimum atomic E-state index is -3.95. The summed E-state index contributed by atoms with van der Waals surface area (Å²) >= 11 is 0. The van der Waals surface area contributed by atoms with Gasteiger partial charge in [0.05, 0.1) is 6.54 Å². The van der Waals surface area contributed by atoms with Crippen LogP contribution in [-0.2, 0) is 19.6 Å². The van der Waals surface area contributed by atoms with E-state index in [2.05, 4.69) is 0 Å². The van der Waals surface area contributed by atoms with E-state index in [0.717, 1.165) is 12.5 Å². The zero-order valence-electron chi connectivity index (χ0n) is 14.8. The fourth-order valence-electron chi connectivity index (χ4n) is 3.54. The number of nitrogens with zero attached hydrogens (tertiary/aromatic N) is 3. The Morgan fingerprint density at radius 2 is 1.78 bits per heavy atom. The van der Waals surface area contributed by atoms with Crippen molar-refractivity contribution in [1.29, 1.82) is 0 Å². The van der Waals surface area contributed by atoms with Crippen molar-refractivity contribution in [1.82, 2.24) is 14.1 Å². The van der Waals surface area contributed by atoms with Crippen LogP contribution >= 0.6 is 0 Å². The molecule has 27 heavy (non-hydrogen) atoms. The molecule has 0 aliphatic carbocycles. The second-order valence-electron chi connectivity index (χ2n) is 6.68. The maximum absolute atomic E-state index is 13.9. The standard InChI is InChI=1S/C17H22FN3O5S/c18-13-4-1-2-6-15(13)27(25,26)21-10-8-19(9-11-21)16(22)12-20-7-3-5-14(20)17(23)24/h1-2,4,6,14H,3,5,7-12H2,(H,23,24)/t14-/m1/s1. The average molecular weight is 399 g/mol. The summed E-state index contributed by atoms with van der Waals surface area (Å²) in [5.74, 6) is -1.95. The molecule has 1 aromatic carbocycles. The third-order valence-electron chi connectivity index (χ3n) is 5.03. The lowest BCUT2D eigenvalue weighted by Crippen LogP contribution is -2.53. The monoisotopic (exact) mass is 399 g/mol. The number of carbonyl (C=O) groups is 2. The SMILES string of the molecule is O=C(O)[C@H]1CCCN1CC(=O)N1CCN(S(=O)(=O)c2ccccc2F)CC1. The fraction of sp³-hybridized carbons (Fsp3) is 0.529. The van der Waals surface area contributed by atoms with Crippen molar-refractivity contribution < 1.29 is 27.5 Å². The first kappa shape index (κ1) is 19.7. The molecule has 2 saturated heterocycles. The highest BCUT2D eigenvalue weighted by atomic mass is 32.2. The number of hydrogen-bond acceptors (Lipinski definition) is 5. The molecule has 0 unspecified atom stereocenters. The van der Waals surface area contributed by atoms with Crippen LogP contribution in [0.25, 0.3) is 0 Å². The second-order valence-corrected chi connectivity index (χ2v) is 8.59. The first-order valence-electron chi connectivity index (χ1n) is 8.80. The Morgan fingerprint density at radius 1 is 1.11 bits per heavy atom. The molecule has 0 radical (unpaired) electrons. The number of hydrogen-bond donors (Lipinski definition) is 1. The Kier molecular flexibility index (Phi) is 5.78. The minimum Gasteiger partial charge on any atom is -0.480 e. The highest BCUT2D eigenvalue weighted by Gasteiger charge is 2.35. The van der Waals surface area contributed by atoms with Gasteiger partial charge in [-0.1, -0.05) is 12.1 Å². The Bertz CT molecular complexity index is 824. The number of sulfonamides is 1. The Morgan fingerprint density at radius 3 is 2.41 bits per heavy atom. The first-order valence-corrected chi connectivity index (χ1v) is 10.2. The van der Waals surface area contributed by atoms with Crippen molar-refractivity contribution in [3.8, 4) is 0 Å². The van der Waals surface area contributed by atoms with Gasteiger partial charge in [0.25, 0.3) is 0 Å². The Labute approximate surface area is 157 Å². The molecule has 2 heterocycles. The molecule has 148 valence electrons. The van der Waals surface area contributed by atoms with Gasteiger partial charge in [-0.05, 0) is 31.5 Å². The van der Waals surface area contributed by atoms with Crippen molar-refractivity contribution in [2.45, 2.75) is 23.8 Å². The van der Waals surface area contributed by atoms with Gasteiger partial charge in [0, 0.05) is 26.2 Å². The molecule has 2 aliphatic rings. The van der Waals surface area contributed by atoms with E-state index >= 15 is 0 Å². The number of amides is 1. The van der Waals surface area contributed by atoms with Crippen molar-refractivity contribution >= 4 is 21.9 Å². The highest BCUT2D eigenvalue weighted by Crippen LogP contribution is 2.21. The summed E-state index contributed by atoms with van der Waals surface area (Å²) in [4.78, 5) is 26.5. The lowest BCUT2D eigenvalue weighted by Gasteiger charge is -2.35.